The summed E-state index contributed by atoms with van der Waals surface area (Å²) in [6.45, 7) is 4.15. The van der Waals surface area contributed by atoms with E-state index in [0.717, 1.165) is 0 Å². The van der Waals surface area contributed by atoms with Gasteiger partial charge in [-0.3, -0.25) is 0 Å². The molecule has 0 unspecified atom stereocenters. The van der Waals surface area contributed by atoms with Crippen LogP contribution in [0.25, 0.3) is 0 Å². The van der Waals surface area contributed by atoms with Gasteiger partial charge >= 0.3 is 5.97 Å². The highest BCUT2D eigenvalue weighted by atomic mass is 16.5. The minimum absolute atomic E-state index is 0.0415. The Labute approximate surface area is 107 Å². The molecule has 0 aliphatic heterocycles. The third-order valence-electron chi connectivity index (χ3n) is 2.78. The van der Waals surface area contributed by atoms with Gasteiger partial charge in [0.15, 0.2) is 0 Å². The Morgan fingerprint density at radius 1 is 1.28 bits per heavy atom. The zero-order valence-electron chi connectivity index (χ0n) is 10.8. The summed E-state index contributed by atoms with van der Waals surface area (Å²) < 4.78 is 4.99. The van der Waals surface area contributed by atoms with Crippen molar-refractivity contribution in [3.63, 3.8) is 0 Å². The summed E-state index contributed by atoms with van der Waals surface area (Å²) in [6, 6.07) is 0. The molecule has 104 valence electrons. The first-order valence-corrected chi connectivity index (χ1v) is 5.82. The number of carbonyl (C=O) groups is 1. The Kier molecular flexibility index (Phi) is 8.28. The van der Waals surface area contributed by atoms with Crippen LogP contribution in [0, 0.1) is 5.41 Å². The van der Waals surface area contributed by atoms with E-state index < -0.39 is 11.4 Å². The van der Waals surface area contributed by atoms with Crippen molar-refractivity contribution in [1.82, 2.24) is 0 Å². The minimum Gasteiger partial charge on any atom is -0.462 e. The lowest BCUT2D eigenvalue weighted by atomic mass is 9.88. The van der Waals surface area contributed by atoms with Crippen molar-refractivity contribution in [3.05, 3.63) is 24.3 Å². The van der Waals surface area contributed by atoms with Gasteiger partial charge in [-0.15, -0.1) is 6.58 Å². The molecular formula is C13H22O5. The number of carbonyl (C=O) groups excluding carboxylic acids is 1. The van der Waals surface area contributed by atoms with Gasteiger partial charge in [-0.05, 0) is 19.8 Å². The van der Waals surface area contributed by atoms with Crippen LogP contribution in [0.4, 0.5) is 0 Å². The van der Waals surface area contributed by atoms with Crippen molar-refractivity contribution in [2.24, 2.45) is 5.41 Å². The molecule has 3 N–H and O–H groups in total. The molecule has 0 aromatic heterocycles. The van der Waals surface area contributed by atoms with E-state index in [0.29, 0.717) is 12.0 Å². The third-order valence-corrected chi connectivity index (χ3v) is 2.78. The maximum Gasteiger partial charge on any atom is 0.333 e. The number of hydrogen-bond donors (Lipinski definition) is 3. The summed E-state index contributed by atoms with van der Waals surface area (Å²) in [4.78, 5) is 11.5. The maximum absolute atomic E-state index is 11.5. The summed E-state index contributed by atoms with van der Waals surface area (Å²) in [5.74, 6) is -0.445. The number of esters is 1. The molecule has 0 aliphatic carbocycles. The normalized spacial score (nSPS) is 12.3. The fourth-order valence-electron chi connectivity index (χ4n) is 1.20. The Morgan fingerprint density at radius 3 is 2.28 bits per heavy atom. The van der Waals surface area contributed by atoms with E-state index in [-0.39, 0.29) is 32.8 Å². The molecule has 0 atom stereocenters. The summed E-state index contributed by atoms with van der Waals surface area (Å²) in [5, 5.41) is 27.3. The number of aliphatic hydroxyl groups is 3. The quantitative estimate of drug-likeness (QED) is 0.317. The van der Waals surface area contributed by atoms with E-state index in [1.54, 1.807) is 19.1 Å². The van der Waals surface area contributed by atoms with Crippen molar-refractivity contribution >= 4 is 5.97 Å². The molecule has 5 heteroatoms. The second-order valence-corrected chi connectivity index (χ2v) is 4.27. The van der Waals surface area contributed by atoms with Crippen LogP contribution in [-0.4, -0.2) is 47.7 Å². The molecular weight excluding hydrogens is 236 g/mol. The van der Waals surface area contributed by atoms with E-state index >= 15 is 0 Å². The van der Waals surface area contributed by atoms with Crippen LogP contribution >= 0.6 is 0 Å². The van der Waals surface area contributed by atoms with Gasteiger partial charge in [0.25, 0.3) is 0 Å². The Bertz CT molecular complexity index is 283. The van der Waals surface area contributed by atoms with Gasteiger partial charge in [-0.1, -0.05) is 12.2 Å². The molecule has 0 fully saturated rings. The van der Waals surface area contributed by atoms with Crippen LogP contribution in [0.3, 0.4) is 0 Å². The van der Waals surface area contributed by atoms with Crippen molar-refractivity contribution in [1.29, 1.82) is 0 Å². The van der Waals surface area contributed by atoms with Crippen LogP contribution < -0.4 is 0 Å². The molecule has 0 saturated carbocycles. The van der Waals surface area contributed by atoms with Gasteiger partial charge in [0.1, 0.15) is 0 Å². The molecule has 0 rings (SSSR count). The predicted molar refractivity (Wildman–Crippen MR) is 67.8 cm³/mol. The molecule has 5 nitrogen and oxygen atoms in total. The number of rotatable bonds is 9. The largest absolute Gasteiger partial charge is 0.462 e. The van der Waals surface area contributed by atoms with Crippen LogP contribution in [0.15, 0.2) is 24.3 Å². The monoisotopic (exact) mass is 258 g/mol. The number of hydrogen-bond acceptors (Lipinski definition) is 5. The molecule has 0 spiro atoms. The fourth-order valence-corrected chi connectivity index (χ4v) is 1.20. The summed E-state index contributed by atoms with van der Waals surface area (Å²) >= 11 is 0. The lowest BCUT2D eigenvalue weighted by Gasteiger charge is -2.26. The zero-order valence-corrected chi connectivity index (χ0v) is 10.8. The SMILES string of the molecule is C=CCC=C(C)C(=O)OCCC(CO)(CO)CO. The van der Waals surface area contributed by atoms with Crippen molar-refractivity contribution in [2.75, 3.05) is 26.4 Å². The molecule has 0 heterocycles. The zero-order chi connectivity index (χ0) is 14.0. The average molecular weight is 258 g/mol. The molecule has 0 bridgehead atoms. The Balaban J connectivity index is 4.18. The van der Waals surface area contributed by atoms with Crippen LogP contribution in [0.5, 0.6) is 0 Å². The summed E-state index contributed by atoms with van der Waals surface area (Å²) in [6.07, 6.45) is 4.17. The molecule has 0 saturated heterocycles. The fraction of sp³-hybridized carbons (Fsp3) is 0.615. The summed E-state index contributed by atoms with van der Waals surface area (Å²) in [5.41, 5.74) is -0.517. The Hall–Kier alpha value is -1.17. The van der Waals surface area contributed by atoms with Crippen molar-refractivity contribution in [3.8, 4) is 0 Å². The molecule has 0 radical (unpaired) electrons. The van der Waals surface area contributed by atoms with E-state index in [1.807, 2.05) is 0 Å². The third kappa shape index (κ3) is 5.44. The highest BCUT2D eigenvalue weighted by molar-refractivity contribution is 5.87. The Morgan fingerprint density at radius 2 is 1.83 bits per heavy atom. The first kappa shape index (κ1) is 16.8. The first-order chi connectivity index (χ1) is 8.55. The maximum atomic E-state index is 11.5. The summed E-state index contributed by atoms with van der Waals surface area (Å²) in [7, 11) is 0. The van der Waals surface area contributed by atoms with Gasteiger partial charge < -0.3 is 20.1 Å². The van der Waals surface area contributed by atoms with Gasteiger partial charge in [0, 0.05) is 11.0 Å². The van der Waals surface area contributed by atoms with Crippen molar-refractivity contribution < 1.29 is 24.9 Å². The van der Waals surface area contributed by atoms with E-state index in [9.17, 15) is 4.79 Å². The van der Waals surface area contributed by atoms with Crippen LogP contribution in [0.1, 0.15) is 19.8 Å². The number of aliphatic hydroxyl groups excluding tert-OH is 3. The smallest absolute Gasteiger partial charge is 0.333 e. The van der Waals surface area contributed by atoms with Crippen LogP contribution in [-0.2, 0) is 9.53 Å². The van der Waals surface area contributed by atoms with Gasteiger partial charge in [0.05, 0.1) is 26.4 Å². The van der Waals surface area contributed by atoms with Crippen LogP contribution in [0.2, 0.25) is 0 Å². The first-order valence-electron chi connectivity index (χ1n) is 5.82. The average Bonchev–Trinajstić information content (AvgIpc) is 2.41. The van der Waals surface area contributed by atoms with E-state index in [4.69, 9.17) is 20.1 Å². The minimum atomic E-state index is -1.00. The molecule has 0 aromatic rings. The highest BCUT2D eigenvalue weighted by Gasteiger charge is 2.28. The van der Waals surface area contributed by atoms with Gasteiger partial charge in [-0.2, -0.15) is 0 Å². The molecule has 0 aromatic carbocycles. The number of allylic oxidation sites excluding steroid dienone is 2. The van der Waals surface area contributed by atoms with E-state index in [1.165, 1.54) is 0 Å². The topological polar surface area (TPSA) is 87.0 Å². The highest BCUT2D eigenvalue weighted by Crippen LogP contribution is 2.20. The lowest BCUT2D eigenvalue weighted by molar-refractivity contribution is -0.140. The van der Waals surface area contributed by atoms with E-state index in [2.05, 4.69) is 6.58 Å². The van der Waals surface area contributed by atoms with Gasteiger partial charge in [0.2, 0.25) is 0 Å². The molecule has 0 amide bonds. The number of ether oxygens (including phenoxy) is 1. The van der Waals surface area contributed by atoms with Gasteiger partial charge in [-0.25, -0.2) is 4.79 Å². The molecule has 18 heavy (non-hydrogen) atoms. The second-order valence-electron chi connectivity index (χ2n) is 4.27. The lowest BCUT2D eigenvalue weighted by Crippen LogP contribution is -2.35. The van der Waals surface area contributed by atoms with Crippen molar-refractivity contribution in [2.45, 2.75) is 19.8 Å². The predicted octanol–water partition coefficient (Wildman–Crippen LogP) is 0.405. The second kappa shape index (κ2) is 8.85. The standard InChI is InChI=1S/C13H22O5/c1-3-4-5-11(2)12(17)18-7-6-13(8-14,9-15)10-16/h3,5,14-16H,1,4,6-10H2,2H3. The molecule has 0 aliphatic rings.